The first-order chi connectivity index (χ1) is 9.29. The Labute approximate surface area is 123 Å². The maximum atomic E-state index is 11.6. The monoisotopic (exact) mass is 296 g/mol. The van der Waals surface area contributed by atoms with Crippen LogP contribution in [0.3, 0.4) is 0 Å². The predicted molar refractivity (Wildman–Crippen MR) is 78.8 cm³/mol. The summed E-state index contributed by atoms with van der Waals surface area (Å²) >= 11 is 0. The summed E-state index contributed by atoms with van der Waals surface area (Å²) in [6.45, 7) is 0.837. The van der Waals surface area contributed by atoms with Crippen LogP contribution in [0.15, 0.2) is 35.2 Å². The number of anilines is 1. The Morgan fingerprint density at radius 3 is 2.65 bits per heavy atom. The first kappa shape index (κ1) is 16.1. The van der Waals surface area contributed by atoms with Gasteiger partial charge in [0.25, 0.3) is 0 Å². The highest BCUT2D eigenvalue weighted by atomic mass is 35.5. The van der Waals surface area contributed by atoms with Gasteiger partial charge < -0.3 is 15.2 Å². The van der Waals surface area contributed by atoms with Crippen molar-refractivity contribution in [2.24, 2.45) is 0 Å². The van der Waals surface area contributed by atoms with Gasteiger partial charge in [-0.3, -0.25) is 4.79 Å². The van der Waals surface area contributed by atoms with Crippen molar-refractivity contribution in [1.29, 1.82) is 0 Å². The summed E-state index contributed by atoms with van der Waals surface area (Å²) in [6, 6.07) is 7.32. The van der Waals surface area contributed by atoms with Gasteiger partial charge in [-0.25, -0.2) is 0 Å². The second-order valence-corrected chi connectivity index (χ2v) is 4.09. The zero-order valence-electron chi connectivity index (χ0n) is 11.1. The molecule has 0 saturated carbocycles. The van der Waals surface area contributed by atoms with Gasteiger partial charge in [0.2, 0.25) is 18.1 Å². The van der Waals surface area contributed by atoms with Crippen LogP contribution in [0.1, 0.15) is 12.8 Å². The maximum Gasteiger partial charge on any atom is 0.224 e. The molecule has 7 heteroatoms. The molecule has 1 aromatic carbocycles. The minimum atomic E-state index is 0. The second-order valence-electron chi connectivity index (χ2n) is 4.09. The highest BCUT2D eigenvalue weighted by Crippen LogP contribution is 2.17. The fraction of sp³-hybridized carbons (Fsp3) is 0.308. The number of carbonyl (C=O) groups excluding carboxylic acids is 1. The van der Waals surface area contributed by atoms with Gasteiger partial charge in [-0.05, 0) is 44.3 Å². The van der Waals surface area contributed by atoms with Crippen LogP contribution in [0.5, 0.6) is 0 Å². The van der Waals surface area contributed by atoms with E-state index in [0.717, 1.165) is 24.2 Å². The number of nitrogens with zero attached hydrogens (tertiary/aromatic N) is 2. The van der Waals surface area contributed by atoms with Crippen molar-refractivity contribution in [2.75, 3.05) is 18.9 Å². The van der Waals surface area contributed by atoms with Gasteiger partial charge in [0, 0.05) is 17.7 Å². The third-order valence-corrected chi connectivity index (χ3v) is 2.62. The molecular formula is C13H17ClN4O2. The Kier molecular flexibility index (Phi) is 6.69. The summed E-state index contributed by atoms with van der Waals surface area (Å²) in [5.74, 6) is 0.550. The zero-order valence-corrected chi connectivity index (χ0v) is 11.9. The number of benzene rings is 1. The number of nitrogens with one attached hydrogen (secondary N) is 2. The van der Waals surface area contributed by atoms with E-state index in [4.69, 9.17) is 0 Å². The fourth-order valence-electron chi connectivity index (χ4n) is 1.65. The van der Waals surface area contributed by atoms with Crippen LogP contribution >= 0.6 is 12.4 Å². The first-order valence-corrected chi connectivity index (χ1v) is 6.11. The molecule has 1 heterocycles. The number of amides is 1. The van der Waals surface area contributed by atoms with E-state index in [9.17, 15) is 4.79 Å². The van der Waals surface area contributed by atoms with Crippen molar-refractivity contribution < 1.29 is 9.32 Å². The van der Waals surface area contributed by atoms with Crippen molar-refractivity contribution in [2.45, 2.75) is 12.8 Å². The summed E-state index contributed by atoms with van der Waals surface area (Å²) in [7, 11) is 1.87. The summed E-state index contributed by atoms with van der Waals surface area (Å²) in [5.41, 5.74) is 1.61. The lowest BCUT2D eigenvalue weighted by Crippen LogP contribution is -2.15. The van der Waals surface area contributed by atoms with Crippen LogP contribution in [0.25, 0.3) is 11.4 Å². The van der Waals surface area contributed by atoms with E-state index in [1.165, 1.54) is 6.39 Å². The summed E-state index contributed by atoms with van der Waals surface area (Å²) in [5, 5.41) is 9.60. The fourth-order valence-corrected chi connectivity index (χ4v) is 1.65. The number of carbonyl (C=O) groups is 1. The van der Waals surface area contributed by atoms with E-state index in [1.54, 1.807) is 0 Å². The molecule has 0 radical (unpaired) electrons. The van der Waals surface area contributed by atoms with Crippen LogP contribution in [0.4, 0.5) is 5.69 Å². The lowest BCUT2D eigenvalue weighted by Gasteiger charge is -2.05. The molecule has 2 rings (SSSR count). The molecule has 0 bridgehead atoms. The molecule has 0 fully saturated rings. The number of aromatic nitrogens is 2. The zero-order chi connectivity index (χ0) is 13.5. The number of hydrogen-bond acceptors (Lipinski definition) is 5. The number of hydrogen-bond donors (Lipinski definition) is 2. The van der Waals surface area contributed by atoms with E-state index in [1.807, 2.05) is 31.3 Å². The number of rotatable bonds is 6. The topological polar surface area (TPSA) is 80.0 Å². The third kappa shape index (κ3) is 4.64. The molecule has 0 aliphatic rings. The van der Waals surface area contributed by atoms with Gasteiger partial charge in [-0.15, -0.1) is 12.4 Å². The van der Waals surface area contributed by atoms with Gasteiger partial charge in [0.1, 0.15) is 0 Å². The molecule has 6 nitrogen and oxygen atoms in total. The molecule has 0 spiro atoms. The second kappa shape index (κ2) is 8.29. The molecule has 0 aliphatic heterocycles. The SMILES string of the molecule is CNCCCC(=O)Nc1ccc(-c2ncon2)cc1.Cl. The molecule has 1 aromatic heterocycles. The summed E-state index contributed by atoms with van der Waals surface area (Å²) in [6.07, 6.45) is 2.61. The van der Waals surface area contributed by atoms with E-state index in [-0.39, 0.29) is 18.3 Å². The van der Waals surface area contributed by atoms with Crippen molar-refractivity contribution in [3.8, 4) is 11.4 Å². The molecule has 0 unspecified atom stereocenters. The Balaban J connectivity index is 0.00000200. The van der Waals surface area contributed by atoms with Crippen molar-refractivity contribution in [3.05, 3.63) is 30.7 Å². The average Bonchev–Trinajstić information content (AvgIpc) is 2.94. The maximum absolute atomic E-state index is 11.6. The summed E-state index contributed by atoms with van der Waals surface area (Å²) < 4.78 is 4.68. The standard InChI is InChI=1S/C13H16N4O2.ClH/c1-14-8-2-3-12(18)16-11-6-4-10(5-7-11)13-15-9-19-17-13;/h4-7,9,14H,2-3,8H2,1H3,(H,16,18);1H. The van der Waals surface area contributed by atoms with E-state index >= 15 is 0 Å². The minimum Gasteiger partial charge on any atom is -0.342 e. The predicted octanol–water partition coefficient (Wildman–Crippen LogP) is 2.10. The molecule has 20 heavy (non-hydrogen) atoms. The molecule has 0 saturated heterocycles. The molecule has 2 N–H and O–H groups in total. The largest absolute Gasteiger partial charge is 0.342 e. The highest BCUT2D eigenvalue weighted by molar-refractivity contribution is 5.90. The Morgan fingerprint density at radius 2 is 2.05 bits per heavy atom. The molecule has 108 valence electrons. The number of halogens is 1. The lowest BCUT2D eigenvalue weighted by atomic mass is 10.2. The van der Waals surface area contributed by atoms with Gasteiger partial charge in [0.15, 0.2) is 0 Å². The van der Waals surface area contributed by atoms with Crippen LogP contribution in [-0.4, -0.2) is 29.6 Å². The smallest absolute Gasteiger partial charge is 0.224 e. The quantitative estimate of drug-likeness (QED) is 0.798. The van der Waals surface area contributed by atoms with Gasteiger partial charge in [-0.2, -0.15) is 4.98 Å². The molecule has 0 aliphatic carbocycles. The Hall–Kier alpha value is -1.92. The Morgan fingerprint density at radius 1 is 1.30 bits per heavy atom. The molecular weight excluding hydrogens is 280 g/mol. The van der Waals surface area contributed by atoms with Crippen molar-refractivity contribution in [1.82, 2.24) is 15.5 Å². The normalized spacial score (nSPS) is 9.85. The van der Waals surface area contributed by atoms with E-state index in [0.29, 0.717) is 12.2 Å². The van der Waals surface area contributed by atoms with E-state index in [2.05, 4.69) is 25.3 Å². The van der Waals surface area contributed by atoms with Crippen LogP contribution in [0, 0.1) is 0 Å². The van der Waals surface area contributed by atoms with Gasteiger partial charge in [-0.1, -0.05) is 5.16 Å². The minimum absolute atomic E-state index is 0. The third-order valence-electron chi connectivity index (χ3n) is 2.62. The molecule has 2 aromatic rings. The Bertz CT molecular complexity index is 514. The molecule has 0 atom stereocenters. The van der Waals surface area contributed by atoms with Crippen molar-refractivity contribution in [3.63, 3.8) is 0 Å². The lowest BCUT2D eigenvalue weighted by molar-refractivity contribution is -0.116. The van der Waals surface area contributed by atoms with E-state index < -0.39 is 0 Å². The van der Waals surface area contributed by atoms with Crippen LogP contribution < -0.4 is 10.6 Å². The molecule has 1 amide bonds. The van der Waals surface area contributed by atoms with Gasteiger partial charge in [0.05, 0.1) is 0 Å². The first-order valence-electron chi connectivity index (χ1n) is 6.11. The highest BCUT2D eigenvalue weighted by Gasteiger charge is 2.04. The van der Waals surface area contributed by atoms with Crippen molar-refractivity contribution >= 4 is 24.0 Å². The van der Waals surface area contributed by atoms with Gasteiger partial charge >= 0.3 is 0 Å². The van der Waals surface area contributed by atoms with Crippen LogP contribution in [0.2, 0.25) is 0 Å². The average molecular weight is 297 g/mol. The van der Waals surface area contributed by atoms with Crippen LogP contribution in [-0.2, 0) is 4.79 Å². The summed E-state index contributed by atoms with van der Waals surface area (Å²) in [4.78, 5) is 15.6.